The molecule has 18 heavy (non-hydrogen) atoms. The van der Waals surface area contributed by atoms with E-state index in [0.29, 0.717) is 6.04 Å². The third-order valence-corrected chi connectivity index (χ3v) is 5.29. The van der Waals surface area contributed by atoms with E-state index in [4.69, 9.17) is 4.99 Å². The van der Waals surface area contributed by atoms with Crippen LogP contribution in [-0.4, -0.2) is 47.0 Å². The smallest absolute Gasteiger partial charge is 0.157 e. The maximum atomic E-state index is 4.84. The number of piperidine rings is 1. The maximum Gasteiger partial charge on any atom is 0.157 e. The van der Waals surface area contributed by atoms with Gasteiger partial charge in [0.25, 0.3) is 0 Å². The van der Waals surface area contributed by atoms with E-state index in [1.165, 1.54) is 38.8 Å². The fraction of sp³-hybridized carbons (Fsp3) is 0.929. The number of amidine groups is 1. The molecule has 104 valence electrons. The molecule has 0 amide bonds. The summed E-state index contributed by atoms with van der Waals surface area (Å²) in [6.45, 7) is 10.4. The molecular formula is C14H27N3S. The van der Waals surface area contributed by atoms with Crippen LogP contribution in [0.5, 0.6) is 0 Å². The average molecular weight is 269 g/mol. The van der Waals surface area contributed by atoms with Crippen LogP contribution in [0.3, 0.4) is 0 Å². The van der Waals surface area contributed by atoms with Gasteiger partial charge in [0.1, 0.15) is 0 Å². The molecule has 1 N–H and O–H groups in total. The number of nitrogens with one attached hydrogen (secondary N) is 1. The molecule has 2 rings (SSSR count). The SMILES string of the molecule is CCC1(C)CSC(=NC(C)CN2CCCCC2)N1. The second-order valence-electron chi connectivity index (χ2n) is 5.97. The molecule has 0 bridgehead atoms. The van der Waals surface area contributed by atoms with E-state index in [1.54, 1.807) is 0 Å². The van der Waals surface area contributed by atoms with Crippen LogP contribution in [0.4, 0.5) is 0 Å². The van der Waals surface area contributed by atoms with Gasteiger partial charge in [-0.3, -0.25) is 4.99 Å². The van der Waals surface area contributed by atoms with E-state index in [9.17, 15) is 0 Å². The Labute approximate surface area is 116 Å². The zero-order chi connectivity index (χ0) is 13.0. The summed E-state index contributed by atoms with van der Waals surface area (Å²) in [4.78, 5) is 7.41. The summed E-state index contributed by atoms with van der Waals surface area (Å²) in [5.74, 6) is 1.15. The van der Waals surface area contributed by atoms with E-state index in [2.05, 4.69) is 31.0 Å². The second-order valence-corrected chi connectivity index (χ2v) is 6.94. The van der Waals surface area contributed by atoms with Crippen LogP contribution in [0.2, 0.25) is 0 Å². The number of likely N-dealkylation sites (tertiary alicyclic amines) is 1. The van der Waals surface area contributed by atoms with E-state index in [-0.39, 0.29) is 5.54 Å². The lowest BCUT2D eigenvalue weighted by Gasteiger charge is -2.28. The molecule has 0 aromatic heterocycles. The molecule has 0 spiro atoms. The van der Waals surface area contributed by atoms with Crippen molar-refractivity contribution < 1.29 is 0 Å². The number of aliphatic imine (C=N–C) groups is 1. The van der Waals surface area contributed by atoms with Crippen LogP contribution < -0.4 is 5.32 Å². The lowest BCUT2D eigenvalue weighted by molar-refractivity contribution is 0.220. The van der Waals surface area contributed by atoms with Crippen molar-refractivity contribution in [3.05, 3.63) is 0 Å². The lowest BCUT2D eigenvalue weighted by Crippen LogP contribution is -2.40. The van der Waals surface area contributed by atoms with Crippen molar-refractivity contribution in [2.75, 3.05) is 25.4 Å². The number of nitrogens with zero attached hydrogens (tertiary/aromatic N) is 2. The first-order chi connectivity index (χ1) is 8.61. The minimum absolute atomic E-state index is 0.258. The fourth-order valence-corrected chi connectivity index (χ4v) is 3.88. The van der Waals surface area contributed by atoms with Gasteiger partial charge in [-0.1, -0.05) is 25.1 Å². The van der Waals surface area contributed by atoms with Gasteiger partial charge < -0.3 is 10.2 Å². The molecule has 2 saturated heterocycles. The number of hydrogen-bond donors (Lipinski definition) is 1. The molecule has 2 fully saturated rings. The summed E-state index contributed by atoms with van der Waals surface area (Å²) < 4.78 is 0. The predicted molar refractivity (Wildman–Crippen MR) is 81.5 cm³/mol. The Balaban J connectivity index is 1.81. The Kier molecular flexibility index (Phi) is 4.96. The van der Waals surface area contributed by atoms with Gasteiger partial charge in [-0.2, -0.15) is 0 Å². The largest absolute Gasteiger partial charge is 0.359 e. The molecule has 0 aliphatic carbocycles. The molecule has 0 aromatic rings. The monoisotopic (exact) mass is 269 g/mol. The molecule has 2 unspecified atom stereocenters. The Morgan fingerprint density at radius 2 is 2.11 bits per heavy atom. The van der Waals surface area contributed by atoms with Crippen molar-refractivity contribution in [1.29, 1.82) is 0 Å². The molecular weight excluding hydrogens is 242 g/mol. The molecule has 4 heteroatoms. The van der Waals surface area contributed by atoms with Crippen LogP contribution >= 0.6 is 11.8 Å². The van der Waals surface area contributed by atoms with Crippen LogP contribution in [0.1, 0.15) is 46.5 Å². The van der Waals surface area contributed by atoms with Gasteiger partial charge in [-0.25, -0.2) is 0 Å². The van der Waals surface area contributed by atoms with Gasteiger partial charge >= 0.3 is 0 Å². The van der Waals surface area contributed by atoms with Crippen molar-refractivity contribution >= 4 is 16.9 Å². The van der Waals surface area contributed by atoms with Crippen molar-refractivity contribution in [3.63, 3.8) is 0 Å². The molecule has 2 aliphatic rings. The molecule has 0 saturated carbocycles. The third-order valence-electron chi connectivity index (χ3n) is 4.03. The van der Waals surface area contributed by atoms with Crippen LogP contribution in [-0.2, 0) is 0 Å². The first-order valence-corrected chi connectivity index (χ1v) is 8.31. The second kappa shape index (κ2) is 6.29. The summed E-state index contributed by atoms with van der Waals surface area (Å²) in [7, 11) is 0. The van der Waals surface area contributed by atoms with Crippen molar-refractivity contribution in [2.24, 2.45) is 4.99 Å². The summed E-state index contributed by atoms with van der Waals surface area (Å²) >= 11 is 1.88. The fourth-order valence-electron chi connectivity index (χ4n) is 2.57. The molecule has 0 radical (unpaired) electrons. The zero-order valence-electron chi connectivity index (χ0n) is 12.0. The topological polar surface area (TPSA) is 27.6 Å². The summed E-state index contributed by atoms with van der Waals surface area (Å²) in [6.07, 6.45) is 5.31. The van der Waals surface area contributed by atoms with Crippen molar-refractivity contribution in [3.8, 4) is 0 Å². The minimum Gasteiger partial charge on any atom is -0.359 e. The van der Waals surface area contributed by atoms with Crippen LogP contribution in [0.15, 0.2) is 4.99 Å². The lowest BCUT2D eigenvalue weighted by atomic mass is 10.0. The van der Waals surface area contributed by atoms with E-state index in [0.717, 1.165) is 17.5 Å². The van der Waals surface area contributed by atoms with E-state index in [1.807, 2.05) is 11.8 Å². The number of hydrogen-bond acceptors (Lipinski definition) is 3. The highest BCUT2D eigenvalue weighted by atomic mass is 32.2. The average Bonchev–Trinajstić information content (AvgIpc) is 2.73. The number of rotatable bonds is 4. The van der Waals surface area contributed by atoms with E-state index < -0.39 is 0 Å². The Morgan fingerprint density at radius 3 is 2.72 bits per heavy atom. The normalized spacial score (nSPS) is 33.6. The molecule has 2 aliphatic heterocycles. The summed E-state index contributed by atoms with van der Waals surface area (Å²) in [5, 5.41) is 4.74. The first-order valence-electron chi connectivity index (χ1n) is 7.32. The predicted octanol–water partition coefficient (Wildman–Crippen LogP) is 2.72. The standard InChI is InChI=1S/C14H27N3S/c1-4-14(3)11-18-13(16-14)15-12(2)10-17-8-6-5-7-9-17/h12H,4-11H2,1-3H3,(H,15,16). The van der Waals surface area contributed by atoms with E-state index >= 15 is 0 Å². The van der Waals surface area contributed by atoms with Crippen molar-refractivity contribution in [1.82, 2.24) is 10.2 Å². The summed E-state index contributed by atoms with van der Waals surface area (Å²) in [5.41, 5.74) is 0.258. The summed E-state index contributed by atoms with van der Waals surface area (Å²) in [6, 6.07) is 0.414. The highest BCUT2D eigenvalue weighted by molar-refractivity contribution is 8.14. The third kappa shape index (κ3) is 3.89. The molecule has 3 nitrogen and oxygen atoms in total. The Hall–Kier alpha value is -0.220. The van der Waals surface area contributed by atoms with Gasteiger partial charge in [0.05, 0.1) is 6.04 Å². The Bertz CT molecular complexity index is 299. The molecule has 2 atom stereocenters. The van der Waals surface area contributed by atoms with Gasteiger partial charge in [0.15, 0.2) is 5.17 Å². The molecule has 0 aromatic carbocycles. The van der Waals surface area contributed by atoms with Gasteiger partial charge in [-0.15, -0.1) is 0 Å². The van der Waals surface area contributed by atoms with Crippen LogP contribution in [0.25, 0.3) is 0 Å². The van der Waals surface area contributed by atoms with Gasteiger partial charge in [-0.05, 0) is 46.2 Å². The maximum absolute atomic E-state index is 4.84. The van der Waals surface area contributed by atoms with Crippen LogP contribution in [0, 0.1) is 0 Å². The Morgan fingerprint density at radius 1 is 1.39 bits per heavy atom. The molecule has 2 heterocycles. The highest BCUT2D eigenvalue weighted by Gasteiger charge is 2.30. The quantitative estimate of drug-likeness (QED) is 0.850. The highest BCUT2D eigenvalue weighted by Crippen LogP contribution is 2.25. The number of thioether (sulfide) groups is 1. The minimum atomic E-state index is 0.258. The van der Waals surface area contributed by atoms with Gasteiger partial charge in [0.2, 0.25) is 0 Å². The van der Waals surface area contributed by atoms with Crippen molar-refractivity contribution in [2.45, 2.75) is 58.0 Å². The van der Waals surface area contributed by atoms with Gasteiger partial charge in [0, 0.05) is 17.8 Å². The zero-order valence-corrected chi connectivity index (χ0v) is 12.9. The first kappa shape index (κ1) is 14.2.